The zero-order valence-corrected chi connectivity index (χ0v) is 16.6. The highest BCUT2D eigenvalue weighted by atomic mass is 32.1. The van der Waals surface area contributed by atoms with E-state index in [1.54, 1.807) is 41.7 Å². The fourth-order valence-electron chi connectivity index (χ4n) is 3.20. The Kier molecular flexibility index (Phi) is 5.04. The van der Waals surface area contributed by atoms with Gasteiger partial charge in [-0.15, -0.1) is 11.3 Å². The molecule has 0 saturated heterocycles. The number of nitrogen functional groups attached to an aromatic ring is 1. The van der Waals surface area contributed by atoms with Crippen molar-refractivity contribution in [3.8, 4) is 10.4 Å². The molecule has 0 radical (unpaired) electrons. The van der Waals surface area contributed by atoms with Crippen molar-refractivity contribution in [3.63, 3.8) is 0 Å². The van der Waals surface area contributed by atoms with E-state index in [0.29, 0.717) is 33.6 Å². The number of anilines is 2. The van der Waals surface area contributed by atoms with Crippen LogP contribution < -0.4 is 16.8 Å². The molecule has 0 aliphatic rings. The van der Waals surface area contributed by atoms with Gasteiger partial charge in [-0.1, -0.05) is 24.3 Å². The van der Waals surface area contributed by atoms with Crippen LogP contribution in [0.3, 0.4) is 0 Å². The highest BCUT2D eigenvalue weighted by molar-refractivity contribution is 7.22. The van der Waals surface area contributed by atoms with Gasteiger partial charge in [0.1, 0.15) is 0 Å². The second kappa shape index (κ2) is 7.81. The van der Waals surface area contributed by atoms with Gasteiger partial charge in [0.15, 0.2) is 0 Å². The molecule has 1 aromatic heterocycles. The predicted octanol–water partition coefficient (Wildman–Crippen LogP) is 4.50. The number of hydrogen-bond donors (Lipinski definition) is 4. The van der Waals surface area contributed by atoms with Gasteiger partial charge >= 0.3 is 0 Å². The van der Waals surface area contributed by atoms with Gasteiger partial charge in [0, 0.05) is 49.4 Å². The van der Waals surface area contributed by atoms with Crippen LogP contribution in [0, 0.1) is 5.41 Å². The summed E-state index contributed by atoms with van der Waals surface area (Å²) in [6.07, 6.45) is 1.14. The van der Waals surface area contributed by atoms with E-state index in [4.69, 9.17) is 16.9 Å². The first-order valence-corrected chi connectivity index (χ1v) is 9.92. The molecule has 1 heterocycles. The maximum Gasteiger partial charge on any atom is 0.255 e. The molecule has 6 nitrogen and oxygen atoms in total. The van der Waals surface area contributed by atoms with E-state index in [2.05, 4.69) is 5.32 Å². The number of nitrogens with one attached hydrogen (secondary N) is 2. The molecule has 3 aromatic carbocycles. The van der Waals surface area contributed by atoms with Crippen molar-refractivity contribution in [1.82, 2.24) is 0 Å². The van der Waals surface area contributed by atoms with Crippen LogP contribution in [-0.2, 0) is 0 Å². The lowest BCUT2D eigenvalue weighted by atomic mass is 10.0. The van der Waals surface area contributed by atoms with Crippen molar-refractivity contribution in [3.05, 3.63) is 83.4 Å². The average Bonchev–Trinajstić information content (AvgIpc) is 3.18. The van der Waals surface area contributed by atoms with Crippen LogP contribution in [0.15, 0.2) is 66.7 Å². The van der Waals surface area contributed by atoms with Crippen molar-refractivity contribution in [2.45, 2.75) is 0 Å². The lowest BCUT2D eigenvalue weighted by Crippen LogP contribution is -2.15. The third-order valence-electron chi connectivity index (χ3n) is 4.73. The van der Waals surface area contributed by atoms with Gasteiger partial charge < -0.3 is 22.2 Å². The number of carbonyl (C=O) groups is 2. The summed E-state index contributed by atoms with van der Waals surface area (Å²) in [5.74, 6) is -0.946. The summed E-state index contributed by atoms with van der Waals surface area (Å²) < 4.78 is 1.11. The number of benzene rings is 3. The third-order valence-corrected chi connectivity index (χ3v) is 5.88. The average molecular weight is 414 g/mol. The molecule has 0 spiro atoms. The number of nitrogens with two attached hydrogens (primary N) is 2. The van der Waals surface area contributed by atoms with E-state index >= 15 is 0 Å². The largest absolute Gasteiger partial charge is 0.398 e. The van der Waals surface area contributed by atoms with Crippen molar-refractivity contribution >= 4 is 50.8 Å². The minimum atomic E-state index is -0.572. The van der Waals surface area contributed by atoms with E-state index in [9.17, 15) is 9.59 Å². The normalized spacial score (nSPS) is 10.7. The molecule has 30 heavy (non-hydrogen) atoms. The number of primary amides is 1. The Morgan fingerprint density at radius 2 is 1.77 bits per heavy atom. The molecule has 2 amide bonds. The smallest absolute Gasteiger partial charge is 0.255 e. The summed E-state index contributed by atoms with van der Waals surface area (Å²) in [6, 6.07) is 19.7. The fourth-order valence-corrected chi connectivity index (χ4v) is 4.29. The molecule has 0 bridgehead atoms. The minimum absolute atomic E-state index is 0.302. The number of thiophene rings is 1. The Morgan fingerprint density at radius 3 is 2.50 bits per heavy atom. The number of amides is 2. The maximum absolute atomic E-state index is 12.9. The summed E-state index contributed by atoms with van der Waals surface area (Å²) in [5, 5.41) is 11.6. The molecule has 0 atom stereocenters. The van der Waals surface area contributed by atoms with Gasteiger partial charge in [0.2, 0.25) is 5.91 Å². The van der Waals surface area contributed by atoms with Crippen LogP contribution in [0.5, 0.6) is 0 Å². The van der Waals surface area contributed by atoms with Gasteiger partial charge in [0.05, 0.1) is 0 Å². The van der Waals surface area contributed by atoms with Gasteiger partial charge in [-0.25, -0.2) is 0 Å². The minimum Gasteiger partial charge on any atom is -0.398 e. The topological polar surface area (TPSA) is 122 Å². The second-order valence-electron chi connectivity index (χ2n) is 6.72. The van der Waals surface area contributed by atoms with Crippen molar-refractivity contribution in [1.29, 1.82) is 5.41 Å². The molecular formula is C23H18N4O2S. The SMILES string of the molecule is N=Cc1cc(C(=O)Nc2cccc(C(N)=O)c2)cc(-c2cc3ccccc3s2)c1N. The molecule has 0 fully saturated rings. The van der Waals surface area contributed by atoms with Gasteiger partial charge in [-0.3, -0.25) is 9.59 Å². The van der Waals surface area contributed by atoms with Gasteiger partial charge in [-0.2, -0.15) is 0 Å². The lowest BCUT2D eigenvalue weighted by molar-refractivity contribution is 0.0996. The van der Waals surface area contributed by atoms with Crippen LogP contribution in [0.2, 0.25) is 0 Å². The molecule has 4 rings (SSSR count). The van der Waals surface area contributed by atoms with Gasteiger partial charge in [0.25, 0.3) is 5.91 Å². The Balaban J connectivity index is 1.74. The Hall–Kier alpha value is -3.97. The van der Waals surface area contributed by atoms with Crippen LogP contribution in [-0.4, -0.2) is 18.0 Å². The first-order chi connectivity index (χ1) is 14.5. The fraction of sp³-hybridized carbons (Fsp3) is 0. The first kappa shape index (κ1) is 19.4. The van der Waals surface area contributed by atoms with Gasteiger partial charge in [-0.05, 0) is 47.9 Å². The Bertz CT molecular complexity index is 1280. The molecular weight excluding hydrogens is 396 g/mol. The number of carbonyl (C=O) groups excluding carboxylic acids is 2. The monoisotopic (exact) mass is 414 g/mol. The molecule has 0 unspecified atom stereocenters. The van der Waals surface area contributed by atoms with E-state index in [1.807, 2.05) is 30.3 Å². The van der Waals surface area contributed by atoms with Crippen molar-refractivity contribution < 1.29 is 9.59 Å². The molecule has 7 heteroatoms. The standard InChI is InChI=1S/C23H18N4O2S/c24-12-16-8-15(23(29)27-17-6-3-5-14(9-17)22(26)28)10-18(21(16)25)20-11-13-4-1-2-7-19(13)30-20/h1-12,24H,25H2,(H2,26,28)(H,27,29). The highest BCUT2D eigenvalue weighted by Gasteiger charge is 2.16. The van der Waals surface area contributed by atoms with Crippen LogP contribution >= 0.6 is 11.3 Å². The molecule has 4 aromatic rings. The summed E-state index contributed by atoms with van der Waals surface area (Å²) in [6.45, 7) is 0. The van der Waals surface area contributed by atoms with E-state index in [1.165, 1.54) is 6.07 Å². The maximum atomic E-state index is 12.9. The summed E-state index contributed by atoms with van der Waals surface area (Å²) in [7, 11) is 0. The van der Waals surface area contributed by atoms with Crippen LogP contribution in [0.1, 0.15) is 26.3 Å². The van der Waals surface area contributed by atoms with E-state index in [-0.39, 0.29) is 5.91 Å². The van der Waals surface area contributed by atoms with Crippen LogP contribution in [0.4, 0.5) is 11.4 Å². The molecule has 0 aliphatic heterocycles. The lowest BCUT2D eigenvalue weighted by Gasteiger charge is -2.12. The summed E-state index contributed by atoms with van der Waals surface area (Å²) in [4.78, 5) is 25.2. The zero-order valence-electron chi connectivity index (χ0n) is 15.8. The van der Waals surface area contributed by atoms with Crippen molar-refractivity contribution in [2.24, 2.45) is 5.73 Å². The van der Waals surface area contributed by atoms with E-state index < -0.39 is 5.91 Å². The number of fused-ring (bicyclic) bond motifs is 1. The van der Waals surface area contributed by atoms with E-state index in [0.717, 1.165) is 21.2 Å². The predicted molar refractivity (Wildman–Crippen MR) is 122 cm³/mol. The molecule has 6 N–H and O–H groups in total. The first-order valence-electron chi connectivity index (χ1n) is 9.10. The summed E-state index contributed by atoms with van der Waals surface area (Å²) >= 11 is 1.58. The second-order valence-corrected chi connectivity index (χ2v) is 7.80. The summed E-state index contributed by atoms with van der Waals surface area (Å²) in [5.41, 5.74) is 14.3. The van der Waals surface area contributed by atoms with Crippen molar-refractivity contribution in [2.75, 3.05) is 11.1 Å². The zero-order chi connectivity index (χ0) is 21.3. The Morgan fingerprint density at radius 1 is 0.967 bits per heavy atom. The molecule has 148 valence electrons. The molecule has 0 saturated carbocycles. The highest BCUT2D eigenvalue weighted by Crippen LogP contribution is 2.38. The molecule has 0 aliphatic carbocycles. The van der Waals surface area contributed by atoms with Crippen LogP contribution in [0.25, 0.3) is 20.5 Å². The quantitative estimate of drug-likeness (QED) is 0.284. The number of rotatable bonds is 5. The Labute approximate surface area is 176 Å². The number of hydrogen-bond acceptors (Lipinski definition) is 5. The third kappa shape index (κ3) is 3.66.